The maximum Gasteiger partial charge on any atom is 0.269 e. The molecule has 11 heteroatoms. The number of fused-ring (bicyclic) bond motifs is 1. The van der Waals surface area contributed by atoms with E-state index in [4.69, 9.17) is 0 Å². The molecular weight excluding hydrogens is 386 g/mol. The van der Waals surface area contributed by atoms with Crippen LogP contribution in [0.3, 0.4) is 0 Å². The highest BCUT2D eigenvalue weighted by Gasteiger charge is 2.11. The van der Waals surface area contributed by atoms with Crippen LogP contribution in [0.1, 0.15) is 10.4 Å². The van der Waals surface area contributed by atoms with Crippen LogP contribution in [0.15, 0.2) is 58.5 Å². The molecule has 3 aromatic rings. The molecule has 0 unspecified atom stereocenters. The van der Waals surface area contributed by atoms with Gasteiger partial charge in [0.15, 0.2) is 5.16 Å². The average Bonchev–Trinajstić information content (AvgIpc) is 2.70. The number of non-ortho nitro benzene ring substituents is 1. The molecule has 0 atom stereocenters. The van der Waals surface area contributed by atoms with Crippen LogP contribution in [0.5, 0.6) is 0 Å². The van der Waals surface area contributed by atoms with Gasteiger partial charge in [-0.25, -0.2) is 4.98 Å². The molecule has 2 aromatic carbocycles. The Kier molecular flexibility index (Phi) is 5.65. The number of aromatic amines is 1. The lowest BCUT2D eigenvalue weighted by Crippen LogP contribution is -2.42. The summed E-state index contributed by atoms with van der Waals surface area (Å²) in [7, 11) is 0. The Morgan fingerprint density at radius 3 is 2.54 bits per heavy atom. The molecule has 0 radical (unpaired) electrons. The zero-order valence-corrected chi connectivity index (χ0v) is 15.0. The molecule has 3 N–H and O–H groups in total. The molecule has 0 saturated heterocycles. The number of rotatable bonds is 5. The number of benzene rings is 2. The van der Waals surface area contributed by atoms with Crippen molar-refractivity contribution in [3.05, 3.63) is 74.6 Å². The van der Waals surface area contributed by atoms with Crippen molar-refractivity contribution in [2.45, 2.75) is 5.16 Å². The Bertz CT molecular complexity index is 1110. The highest BCUT2D eigenvalue weighted by molar-refractivity contribution is 7.99. The largest absolute Gasteiger partial charge is 0.301 e. The molecule has 0 fully saturated rings. The van der Waals surface area contributed by atoms with Gasteiger partial charge in [0, 0.05) is 17.7 Å². The van der Waals surface area contributed by atoms with E-state index in [1.165, 1.54) is 24.3 Å². The standard InChI is InChI=1S/C17H13N5O5S/c23-14(20-21-15(24)10-5-7-11(8-6-10)22(26)27)9-28-17-18-13-4-2-1-3-12(13)16(25)19-17/h1-8H,9H2,(H,20,23)(H,21,24)(H,18,19,25). The predicted molar refractivity (Wildman–Crippen MR) is 102 cm³/mol. The van der Waals surface area contributed by atoms with Crippen LogP contribution in [0.25, 0.3) is 10.9 Å². The molecule has 142 valence electrons. The molecule has 10 nitrogen and oxygen atoms in total. The van der Waals surface area contributed by atoms with Gasteiger partial charge in [0.1, 0.15) is 0 Å². The second kappa shape index (κ2) is 8.31. The van der Waals surface area contributed by atoms with Crippen molar-refractivity contribution >= 4 is 40.2 Å². The summed E-state index contributed by atoms with van der Waals surface area (Å²) in [6.45, 7) is 0. The van der Waals surface area contributed by atoms with Crippen LogP contribution in [0, 0.1) is 10.1 Å². The summed E-state index contributed by atoms with van der Waals surface area (Å²) in [5.41, 5.74) is 4.65. The number of aromatic nitrogens is 2. The number of H-pyrrole nitrogens is 1. The van der Waals surface area contributed by atoms with Crippen molar-refractivity contribution < 1.29 is 14.5 Å². The van der Waals surface area contributed by atoms with E-state index in [1.807, 2.05) is 0 Å². The molecule has 1 aromatic heterocycles. The zero-order chi connectivity index (χ0) is 20.1. The first-order valence-corrected chi connectivity index (χ1v) is 8.88. The van der Waals surface area contributed by atoms with Gasteiger partial charge in [-0.15, -0.1) is 0 Å². The van der Waals surface area contributed by atoms with Gasteiger partial charge < -0.3 is 4.98 Å². The first kappa shape index (κ1) is 19.0. The monoisotopic (exact) mass is 399 g/mol. The Hall–Kier alpha value is -3.73. The maximum atomic E-state index is 12.0. The number of nitrogens with zero attached hydrogens (tertiary/aromatic N) is 2. The van der Waals surface area contributed by atoms with Gasteiger partial charge in [-0.1, -0.05) is 23.9 Å². The third-order valence-electron chi connectivity index (χ3n) is 3.59. The number of thioether (sulfide) groups is 1. The van der Waals surface area contributed by atoms with Crippen LogP contribution in [0.2, 0.25) is 0 Å². The second-order valence-corrected chi connectivity index (χ2v) is 6.45. The number of hydrogen-bond acceptors (Lipinski definition) is 7. The first-order chi connectivity index (χ1) is 13.4. The van der Waals surface area contributed by atoms with Gasteiger partial charge in [-0.05, 0) is 24.3 Å². The molecule has 0 aliphatic rings. The SMILES string of the molecule is O=C(CSc1nc2ccccc2c(=O)[nH]1)NNC(=O)c1ccc([N+](=O)[O-])cc1. The highest BCUT2D eigenvalue weighted by Crippen LogP contribution is 2.14. The summed E-state index contributed by atoms with van der Waals surface area (Å²) in [5, 5.41) is 11.3. The Labute approximate surface area is 161 Å². The summed E-state index contributed by atoms with van der Waals surface area (Å²) in [5.74, 6) is -1.23. The Morgan fingerprint density at radius 2 is 1.82 bits per heavy atom. The number of nitrogens with one attached hydrogen (secondary N) is 3. The van der Waals surface area contributed by atoms with Crippen molar-refractivity contribution in [1.29, 1.82) is 0 Å². The van der Waals surface area contributed by atoms with Gasteiger partial charge >= 0.3 is 0 Å². The predicted octanol–water partition coefficient (Wildman–Crippen LogP) is 1.38. The summed E-state index contributed by atoms with van der Waals surface area (Å²) in [6.07, 6.45) is 0. The number of carbonyl (C=O) groups is 2. The minimum absolute atomic E-state index is 0.0954. The molecular formula is C17H13N5O5S. The molecule has 2 amide bonds. The molecule has 3 rings (SSSR count). The van der Waals surface area contributed by atoms with Gasteiger partial charge in [0.25, 0.3) is 17.2 Å². The van der Waals surface area contributed by atoms with E-state index >= 15 is 0 Å². The molecule has 0 aliphatic heterocycles. The molecule has 28 heavy (non-hydrogen) atoms. The Balaban J connectivity index is 1.54. The molecule has 0 saturated carbocycles. The van der Waals surface area contributed by atoms with Gasteiger partial charge in [-0.2, -0.15) is 0 Å². The molecule has 1 heterocycles. The number of carbonyl (C=O) groups excluding carboxylic acids is 2. The summed E-state index contributed by atoms with van der Waals surface area (Å²) >= 11 is 1.01. The van der Waals surface area contributed by atoms with Crippen molar-refractivity contribution in [1.82, 2.24) is 20.8 Å². The van der Waals surface area contributed by atoms with Crippen LogP contribution in [-0.4, -0.2) is 32.5 Å². The van der Waals surface area contributed by atoms with Crippen LogP contribution in [0.4, 0.5) is 5.69 Å². The number of nitro benzene ring substituents is 1. The lowest BCUT2D eigenvalue weighted by atomic mass is 10.2. The van der Waals surface area contributed by atoms with Crippen LogP contribution >= 0.6 is 11.8 Å². The van der Waals surface area contributed by atoms with E-state index in [9.17, 15) is 24.5 Å². The van der Waals surface area contributed by atoms with Crippen molar-refractivity contribution in [2.24, 2.45) is 0 Å². The highest BCUT2D eigenvalue weighted by atomic mass is 32.2. The molecule has 0 aliphatic carbocycles. The number of para-hydroxylation sites is 1. The van der Waals surface area contributed by atoms with Gasteiger partial charge in [0.05, 0.1) is 21.6 Å². The summed E-state index contributed by atoms with van der Waals surface area (Å²) in [6, 6.07) is 11.8. The van der Waals surface area contributed by atoms with E-state index in [0.29, 0.717) is 10.9 Å². The lowest BCUT2D eigenvalue weighted by molar-refractivity contribution is -0.384. The number of amides is 2. The topological polar surface area (TPSA) is 147 Å². The smallest absolute Gasteiger partial charge is 0.269 e. The zero-order valence-electron chi connectivity index (χ0n) is 14.2. The number of nitro groups is 1. The van der Waals surface area contributed by atoms with Crippen molar-refractivity contribution in [3.8, 4) is 0 Å². The fraction of sp³-hybridized carbons (Fsp3) is 0.0588. The molecule has 0 spiro atoms. The third-order valence-corrected chi connectivity index (χ3v) is 4.46. The lowest BCUT2D eigenvalue weighted by Gasteiger charge is -2.07. The van der Waals surface area contributed by atoms with E-state index in [2.05, 4.69) is 20.8 Å². The van der Waals surface area contributed by atoms with E-state index in [-0.39, 0.29) is 27.7 Å². The minimum atomic E-state index is -0.620. The second-order valence-electron chi connectivity index (χ2n) is 5.48. The number of hydrazine groups is 1. The third kappa shape index (κ3) is 4.51. The van der Waals surface area contributed by atoms with E-state index in [0.717, 1.165) is 11.8 Å². The van der Waals surface area contributed by atoms with E-state index < -0.39 is 16.7 Å². The average molecular weight is 399 g/mol. The summed E-state index contributed by atoms with van der Waals surface area (Å²) in [4.78, 5) is 52.7. The fourth-order valence-electron chi connectivity index (χ4n) is 2.24. The van der Waals surface area contributed by atoms with Crippen LogP contribution < -0.4 is 16.4 Å². The minimum Gasteiger partial charge on any atom is -0.301 e. The first-order valence-electron chi connectivity index (χ1n) is 7.89. The summed E-state index contributed by atoms with van der Waals surface area (Å²) < 4.78 is 0. The van der Waals surface area contributed by atoms with Crippen molar-refractivity contribution in [3.63, 3.8) is 0 Å². The fourth-order valence-corrected chi connectivity index (χ4v) is 2.90. The van der Waals surface area contributed by atoms with E-state index in [1.54, 1.807) is 24.3 Å². The van der Waals surface area contributed by atoms with Crippen molar-refractivity contribution in [2.75, 3.05) is 5.75 Å². The van der Waals surface area contributed by atoms with Gasteiger partial charge in [-0.3, -0.25) is 35.3 Å². The van der Waals surface area contributed by atoms with Crippen LogP contribution in [-0.2, 0) is 4.79 Å². The van der Waals surface area contributed by atoms with Gasteiger partial charge in [0.2, 0.25) is 5.91 Å². The normalized spacial score (nSPS) is 10.4. The quantitative estimate of drug-likeness (QED) is 0.254. The Morgan fingerprint density at radius 1 is 1.11 bits per heavy atom. The molecule has 0 bridgehead atoms. The number of hydrogen-bond donors (Lipinski definition) is 3. The maximum absolute atomic E-state index is 12.0.